The molecule has 1 saturated heterocycles. The number of benzene rings is 2. The number of rotatable bonds is 6. The number of pyridine rings is 1. The Morgan fingerprint density at radius 3 is 2.47 bits per heavy atom. The summed E-state index contributed by atoms with van der Waals surface area (Å²) in [6.45, 7) is 4.27. The van der Waals surface area contributed by atoms with Crippen LogP contribution >= 0.6 is 0 Å². The third kappa shape index (κ3) is 4.29. The number of ether oxygens (including phenoxy) is 1. The number of halogens is 1. The maximum atomic E-state index is 14.3. The number of ketones is 1. The van der Waals surface area contributed by atoms with Gasteiger partial charge in [0.1, 0.15) is 5.76 Å². The standard InChI is InChI=1S/C27H25FN2O4/c1-16(2)18-6-8-19(9-7-18)24-23(25(31)20-10-11-22(34-3)21(28)13-20)26(32)27(33)30(24)15-17-5-4-12-29-14-17/h4-14,16,24,31H,15H2,1-3H3. The number of amides is 1. The van der Waals surface area contributed by atoms with Gasteiger partial charge in [-0.05, 0) is 46.9 Å². The zero-order valence-corrected chi connectivity index (χ0v) is 19.2. The fourth-order valence-corrected chi connectivity index (χ4v) is 4.11. The first-order valence-electron chi connectivity index (χ1n) is 10.9. The first kappa shape index (κ1) is 23.2. The van der Waals surface area contributed by atoms with E-state index in [2.05, 4.69) is 18.8 Å². The number of carbonyl (C=O) groups is 2. The van der Waals surface area contributed by atoms with Gasteiger partial charge >= 0.3 is 0 Å². The maximum absolute atomic E-state index is 14.3. The van der Waals surface area contributed by atoms with Crippen molar-refractivity contribution in [1.29, 1.82) is 0 Å². The highest BCUT2D eigenvalue weighted by molar-refractivity contribution is 6.46. The van der Waals surface area contributed by atoms with E-state index in [0.29, 0.717) is 11.5 Å². The van der Waals surface area contributed by atoms with Crippen LogP contribution in [0.2, 0.25) is 0 Å². The van der Waals surface area contributed by atoms with E-state index in [4.69, 9.17) is 4.74 Å². The lowest BCUT2D eigenvalue weighted by Crippen LogP contribution is -2.29. The second kappa shape index (κ2) is 9.47. The number of Topliss-reactive ketones (excluding diaryl/α,β-unsaturated/α-hetero) is 1. The van der Waals surface area contributed by atoms with Crippen LogP contribution in [0, 0.1) is 5.82 Å². The molecule has 1 fully saturated rings. The summed E-state index contributed by atoms with van der Waals surface area (Å²) in [5.41, 5.74) is 2.51. The summed E-state index contributed by atoms with van der Waals surface area (Å²) in [7, 11) is 1.34. The molecule has 1 amide bonds. The number of carbonyl (C=O) groups excluding carboxylic acids is 2. The molecule has 0 radical (unpaired) electrons. The van der Waals surface area contributed by atoms with Crippen molar-refractivity contribution >= 4 is 17.4 Å². The van der Waals surface area contributed by atoms with Crippen molar-refractivity contribution < 1.29 is 23.8 Å². The Kier molecular flexibility index (Phi) is 6.45. The number of aliphatic hydroxyl groups is 1. The van der Waals surface area contributed by atoms with Crippen LogP contribution in [0.4, 0.5) is 4.39 Å². The number of aliphatic hydroxyl groups excluding tert-OH is 1. The molecule has 3 aromatic rings. The highest BCUT2D eigenvalue weighted by Crippen LogP contribution is 2.41. The van der Waals surface area contributed by atoms with Crippen LogP contribution in [0.15, 0.2) is 72.6 Å². The van der Waals surface area contributed by atoms with Gasteiger partial charge in [0.25, 0.3) is 11.7 Å². The highest BCUT2D eigenvalue weighted by atomic mass is 19.1. The molecule has 1 aromatic heterocycles. The second-order valence-electron chi connectivity index (χ2n) is 8.46. The quantitative estimate of drug-likeness (QED) is 0.319. The van der Waals surface area contributed by atoms with Gasteiger partial charge in [0.15, 0.2) is 11.6 Å². The molecule has 34 heavy (non-hydrogen) atoms. The minimum absolute atomic E-state index is 0.00871. The van der Waals surface area contributed by atoms with Crippen LogP contribution in [-0.2, 0) is 16.1 Å². The zero-order chi connectivity index (χ0) is 24.4. The third-order valence-corrected chi connectivity index (χ3v) is 5.96. The molecule has 1 aliphatic rings. The lowest BCUT2D eigenvalue weighted by Gasteiger charge is -2.25. The largest absolute Gasteiger partial charge is 0.507 e. The average molecular weight is 461 g/mol. The Morgan fingerprint density at radius 1 is 1.15 bits per heavy atom. The van der Waals surface area contributed by atoms with E-state index in [0.717, 1.165) is 17.2 Å². The third-order valence-electron chi connectivity index (χ3n) is 5.96. The monoisotopic (exact) mass is 460 g/mol. The first-order valence-corrected chi connectivity index (χ1v) is 10.9. The van der Waals surface area contributed by atoms with Gasteiger partial charge in [-0.15, -0.1) is 0 Å². The SMILES string of the molecule is COc1ccc(C(O)=C2C(=O)C(=O)N(Cc3cccnc3)C2c2ccc(C(C)C)cc2)cc1F. The van der Waals surface area contributed by atoms with Gasteiger partial charge in [0, 0.05) is 24.5 Å². The van der Waals surface area contributed by atoms with Gasteiger partial charge in [-0.1, -0.05) is 44.2 Å². The maximum Gasteiger partial charge on any atom is 0.295 e. The lowest BCUT2D eigenvalue weighted by molar-refractivity contribution is -0.140. The van der Waals surface area contributed by atoms with Crippen molar-refractivity contribution in [2.75, 3.05) is 7.11 Å². The Bertz CT molecular complexity index is 1250. The molecule has 0 bridgehead atoms. The fourth-order valence-electron chi connectivity index (χ4n) is 4.11. The lowest BCUT2D eigenvalue weighted by atomic mass is 9.93. The Hall–Kier alpha value is -4.00. The Morgan fingerprint density at radius 2 is 1.88 bits per heavy atom. The number of likely N-dealkylation sites (tertiary alicyclic amines) is 1. The minimum Gasteiger partial charge on any atom is -0.507 e. The molecule has 0 spiro atoms. The van der Waals surface area contributed by atoms with Crippen molar-refractivity contribution in [3.05, 3.63) is 101 Å². The Balaban J connectivity index is 1.85. The molecule has 2 aromatic carbocycles. The van der Waals surface area contributed by atoms with Crippen LogP contribution < -0.4 is 4.74 Å². The summed E-state index contributed by atoms with van der Waals surface area (Å²) >= 11 is 0. The van der Waals surface area contributed by atoms with Crippen molar-refractivity contribution in [2.24, 2.45) is 0 Å². The summed E-state index contributed by atoms with van der Waals surface area (Å²) in [6, 6.07) is 14.2. The number of nitrogens with zero attached hydrogens (tertiary/aromatic N) is 2. The Labute approximate surface area is 197 Å². The summed E-state index contributed by atoms with van der Waals surface area (Å²) in [6.07, 6.45) is 3.25. The normalized spacial score (nSPS) is 17.4. The van der Waals surface area contributed by atoms with E-state index >= 15 is 0 Å². The minimum atomic E-state index is -0.841. The van der Waals surface area contributed by atoms with Gasteiger partial charge in [-0.2, -0.15) is 0 Å². The van der Waals surface area contributed by atoms with Crippen LogP contribution in [0.1, 0.15) is 48.1 Å². The van der Waals surface area contributed by atoms with E-state index in [1.807, 2.05) is 30.3 Å². The molecule has 0 saturated carbocycles. The summed E-state index contributed by atoms with van der Waals surface area (Å²) in [5, 5.41) is 11.1. The number of hydrogen-bond donors (Lipinski definition) is 1. The van der Waals surface area contributed by atoms with Crippen molar-refractivity contribution in [2.45, 2.75) is 32.4 Å². The molecule has 1 N–H and O–H groups in total. The molecule has 174 valence electrons. The summed E-state index contributed by atoms with van der Waals surface area (Å²) in [4.78, 5) is 31.7. The fraction of sp³-hybridized carbons (Fsp3) is 0.222. The van der Waals surface area contributed by atoms with E-state index in [9.17, 15) is 19.1 Å². The molecular weight excluding hydrogens is 435 g/mol. The predicted molar refractivity (Wildman–Crippen MR) is 126 cm³/mol. The number of hydrogen-bond acceptors (Lipinski definition) is 5. The second-order valence-corrected chi connectivity index (χ2v) is 8.46. The number of aromatic nitrogens is 1. The average Bonchev–Trinajstić information content (AvgIpc) is 3.09. The van der Waals surface area contributed by atoms with Gasteiger partial charge in [-0.3, -0.25) is 14.6 Å². The van der Waals surface area contributed by atoms with Crippen LogP contribution in [0.25, 0.3) is 5.76 Å². The van der Waals surface area contributed by atoms with E-state index in [-0.39, 0.29) is 23.4 Å². The van der Waals surface area contributed by atoms with Gasteiger partial charge in [0.05, 0.1) is 18.7 Å². The molecule has 0 aliphatic carbocycles. The molecule has 1 aliphatic heterocycles. The molecule has 7 heteroatoms. The predicted octanol–water partition coefficient (Wildman–Crippen LogP) is 4.97. The molecule has 4 rings (SSSR count). The molecule has 1 atom stereocenters. The van der Waals surface area contributed by atoms with Crippen molar-refractivity contribution in [1.82, 2.24) is 9.88 Å². The zero-order valence-electron chi connectivity index (χ0n) is 19.2. The van der Waals surface area contributed by atoms with E-state index in [1.54, 1.807) is 18.5 Å². The summed E-state index contributed by atoms with van der Waals surface area (Å²) in [5.74, 6) is -2.37. The first-order chi connectivity index (χ1) is 16.3. The summed E-state index contributed by atoms with van der Waals surface area (Å²) < 4.78 is 19.3. The van der Waals surface area contributed by atoms with E-state index < -0.39 is 29.3 Å². The van der Waals surface area contributed by atoms with Gasteiger partial charge in [0.2, 0.25) is 0 Å². The van der Waals surface area contributed by atoms with Crippen molar-refractivity contribution in [3.63, 3.8) is 0 Å². The van der Waals surface area contributed by atoms with Crippen LogP contribution in [0.3, 0.4) is 0 Å². The van der Waals surface area contributed by atoms with E-state index in [1.165, 1.54) is 24.1 Å². The smallest absolute Gasteiger partial charge is 0.295 e. The van der Waals surface area contributed by atoms with Crippen LogP contribution in [0.5, 0.6) is 5.75 Å². The number of methoxy groups -OCH3 is 1. The van der Waals surface area contributed by atoms with Crippen LogP contribution in [-0.4, -0.2) is 33.8 Å². The topological polar surface area (TPSA) is 79.7 Å². The van der Waals surface area contributed by atoms with Crippen molar-refractivity contribution in [3.8, 4) is 5.75 Å². The molecule has 6 nitrogen and oxygen atoms in total. The van der Waals surface area contributed by atoms with Gasteiger partial charge in [-0.25, -0.2) is 4.39 Å². The van der Waals surface area contributed by atoms with Gasteiger partial charge < -0.3 is 14.7 Å². The molecule has 2 heterocycles. The molecule has 1 unspecified atom stereocenters. The highest BCUT2D eigenvalue weighted by Gasteiger charge is 2.46. The molecular formula is C27H25FN2O4.